The Hall–Kier alpha value is -3.15. The van der Waals surface area contributed by atoms with Gasteiger partial charge in [-0.05, 0) is 36.1 Å². The number of carbonyl (C=O) groups is 2. The Morgan fingerprint density at radius 2 is 1.69 bits per heavy atom. The Morgan fingerprint density at radius 1 is 1.06 bits per heavy atom. The smallest absolute Gasteiger partial charge is 0.328 e. The second kappa shape index (κ2) is 9.15. The summed E-state index contributed by atoms with van der Waals surface area (Å²) in [6.45, 7) is 0. The lowest BCUT2D eigenvalue weighted by molar-refractivity contribution is -0.138. The molecule has 0 bridgehead atoms. The Bertz CT molecular complexity index is 1010. The zero-order valence-corrected chi connectivity index (χ0v) is 18.6. The highest BCUT2D eigenvalue weighted by Crippen LogP contribution is 2.47. The summed E-state index contributed by atoms with van der Waals surface area (Å²) in [5, 5.41) is 9.89. The molecule has 1 N–H and O–H groups in total. The van der Waals surface area contributed by atoms with E-state index in [1.165, 1.54) is 0 Å². The highest BCUT2D eigenvalue weighted by atomic mass is 16.5. The number of nitrogens with zero attached hydrogens (tertiary/aromatic N) is 1. The molecule has 4 rings (SSSR count). The van der Waals surface area contributed by atoms with E-state index in [1.807, 2.05) is 42.5 Å². The molecule has 32 heavy (non-hydrogen) atoms. The van der Waals surface area contributed by atoms with Gasteiger partial charge in [-0.25, -0.2) is 4.79 Å². The lowest BCUT2D eigenvalue weighted by Gasteiger charge is -2.44. The summed E-state index contributed by atoms with van der Waals surface area (Å²) < 4.78 is 11.3. The van der Waals surface area contributed by atoms with E-state index in [2.05, 4.69) is 4.99 Å². The molecule has 0 aromatic heterocycles. The molecule has 0 unspecified atom stereocenters. The number of benzene rings is 2. The minimum absolute atomic E-state index is 0.199. The van der Waals surface area contributed by atoms with Crippen molar-refractivity contribution in [3.8, 4) is 22.6 Å². The van der Waals surface area contributed by atoms with Crippen LogP contribution in [0.5, 0.6) is 11.5 Å². The van der Waals surface area contributed by atoms with E-state index in [9.17, 15) is 14.7 Å². The predicted molar refractivity (Wildman–Crippen MR) is 123 cm³/mol. The van der Waals surface area contributed by atoms with Crippen LogP contribution < -0.4 is 9.47 Å². The molecule has 2 aliphatic carbocycles. The zero-order chi connectivity index (χ0) is 22.7. The third kappa shape index (κ3) is 4.01. The molecule has 6 heteroatoms. The van der Waals surface area contributed by atoms with Crippen LogP contribution in [0.3, 0.4) is 0 Å². The van der Waals surface area contributed by atoms with E-state index < -0.39 is 17.4 Å². The van der Waals surface area contributed by atoms with Gasteiger partial charge in [0.05, 0.1) is 25.2 Å². The highest BCUT2D eigenvalue weighted by Gasteiger charge is 2.52. The number of Topliss-reactive ketones (excluding diaryl/α,β-unsaturated/α-hetero) is 1. The molecule has 0 amide bonds. The van der Waals surface area contributed by atoms with Crippen molar-refractivity contribution in [1.82, 2.24) is 0 Å². The minimum Gasteiger partial charge on any atom is -0.496 e. The van der Waals surface area contributed by atoms with Gasteiger partial charge >= 0.3 is 5.97 Å². The monoisotopic (exact) mass is 435 g/mol. The van der Waals surface area contributed by atoms with Crippen LogP contribution in [0.25, 0.3) is 11.1 Å². The molecular formula is C26H29NO5. The molecule has 0 aliphatic heterocycles. The van der Waals surface area contributed by atoms with Gasteiger partial charge in [-0.15, -0.1) is 0 Å². The van der Waals surface area contributed by atoms with Gasteiger partial charge in [0.25, 0.3) is 0 Å². The predicted octanol–water partition coefficient (Wildman–Crippen LogP) is 4.73. The maximum atomic E-state index is 12.4. The Labute approximate surface area is 188 Å². The number of methoxy groups -OCH3 is 2. The number of carboxylic acid groups (broad SMARTS) is 1. The second-order valence-corrected chi connectivity index (χ2v) is 8.62. The van der Waals surface area contributed by atoms with Crippen molar-refractivity contribution in [3.05, 3.63) is 48.0 Å². The van der Waals surface area contributed by atoms with Crippen LogP contribution in [0.4, 0.5) is 0 Å². The van der Waals surface area contributed by atoms with Crippen LogP contribution in [0.2, 0.25) is 0 Å². The van der Waals surface area contributed by atoms with Crippen LogP contribution in [0.15, 0.2) is 47.5 Å². The number of carboxylic acids is 1. The van der Waals surface area contributed by atoms with Gasteiger partial charge in [0.1, 0.15) is 17.3 Å². The standard InChI is InChI=1S/C26H29NO5/c1-31-20-14-17(15-21(32-2)24(20)18-9-5-3-6-10-18)13-19(25(29)30)27-22-16-23(28)26(22)11-7-4-8-12-26/h3,5-6,9-10,14-15,19H,4,7-8,11-13,16H2,1-2H3,(H,29,30)/t19-/m0/s1. The number of hydrogen-bond donors (Lipinski definition) is 1. The van der Waals surface area contributed by atoms with Gasteiger partial charge in [0, 0.05) is 18.6 Å². The first-order valence-corrected chi connectivity index (χ1v) is 11.1. The largest absolute Gasteiger partial charge is 0.496 e. The van der Waals surface area contributed by atoms with Gasteiger partial charge < -0.3 is 14.6 Å². The van der Waals surface area contributed by atoms with Gasteiger partial charge in [-0.2, -0.15) is 0 Å². The van der Waals surface area contributed by atoms with Crippen molar-refractivity contribution in [3.63, 3.8) is 0 Å². The molecule has 1 spiro atoms. The SMILES string of the molecule is COc1cc(C[C@H](N=C2CC(=O)C23CCCCC3)C(=O)O)cc(OC)c1-c1ccccc1. The average molecular weight is 436 g/mol. The molecule has 0 saturated heterocycles. The maximum absolute atomic E-state index is 12.4. The van der Waals surface area contributed by atoms with Crippen molar-refractivity contribution in [2.75, 3.05) is 14.2 Å². The second-order valence-electron chi connectivity index (χ2n) is 8.62. The third-order valence-corrected chi connectivity index (χ3v) is 6.78. The first-order chi connectivity index (χ1) is 15.5. The minimum atomic E-state index is -0.993. The molecule has 2 aliphatic rings. The summed E-state index contributed by atoms with van der Waals surface area (Å²) in [4.78, 5) is 29.1. The normalized spacial score (nSPS) is 19.4. The fraction of sp³-hybridized carbons (Fsp3) is 0.423. The Morgan fingerprint density at radius 3 is 2.22 bits per heavy atom. The fourth-order valence-electron chi connectivity index (χ4n) is 5.01. The Balaban J connectivity index is 1.66. The molecule has 0 radical (unpaired) electrons. The highest BCUT2D eigenvalue weighted by molar-refractivity contribution is 6.27. The summed E-state index contributed by atoms with van der Waals surface area (Å²) in [5.41, 5.74) is 2.81. The topological polar surface area (TPSA) is 85.2 Å². The molecule has 168 valence electrons. The zero-order valence-electron chi connectivity index (χ0n) is 18.6. The van der Waals surface area contributed by atoms with Crippen LogP contribution in [0.1, 0.15) is 44.1 Å². The summed E-state index contributed by atoms with van der Waals surface area (Å²) in [7, 11) is 3.18. The van der Waals surface area contributed by atoms with Crippen molar-refractivity contribution in [1.29, 1.82) is 0 Å². The van der Waals surface area contributed by atoms with Crippen molar-refractivity contribution in [2.24, 2.45) is 10.4 Å². The number of carbonyl (C=O) groups excluding carboxylic acids is 1. The van der Waals surface area contributed by atoms with Gasteiger partial charge in [0.2, 0.25) is 0 Å². The van der Waals surface area contributed by atoms with E-state index >= 15 is 0 Å². The first-order valence-electron chi connectivity index (χ1n) is 11.1. The van der Waals surface area contributed by atoms with Crippen molar-refractivity contribution in [2.45, 2.75) is 51.0 Å². The molecule has 2 fully saturated rings. The van der Waals surface area contributed by atoms with Crippen LogP contribution >= 0.6 is 0 Å². The summed E-state index contributed by atoms with van der Waals surface area (Å²) in [6.07, 6.45) is 5.19. The maximum Gasteiger partial charge on any atom is 0.328 e. The molecule has 2 aromatic carbocycles. The lowest BCUT2D eigenvalue weighted by Crippen LogP contribution is -2.52. The quantitative estimate of drug-likeness (QED) is 0.680. The van der Waals surface area contributed by atoms with E-state index in [-0.39, 0.29) is 18.6 Å². The summed E-state index contributed by atoms with van der Waals surface area (Å²) >= 11 is 0. The Kier molecular flexibility index (Phi) is 6.31. The number of ketones is 1. The average Bonchev–Trinajstić information content (AvgIpc) is 2.83. The van der Waals surface area contributed by atoms with Gasteiger partial charge in [0.15, 0.2) is 6.04 Å². The van der Waals surface area contributed by atoms with Crippen LogP contribution in [0, 0.1) is 5.41 Å². The molecule has 2 aromatic rings. The van der Waals surface area contributed by atoms with E-state index in [4.69, 9.17) is 9.47 Å². The summed E-state index contributed by atoms with van der Waals surface area (Å²) in [6, 6.07) is 12.5. The number of aliphatic carboxylic acids is 1. The third-order valence-electron chi connectivity index (χ3n) is 6.78. The van der Waals surface area contributed by atoms with E-state index in [0.29, 0.717) is 11.5 Å². The van der Waals surface area contributed by atoms with Gasteiger partial charge in [-0.1, -0.05) is 49.6 Å². The van der Waals surface area contributed by atoms with E-state index in [1.54, 1.807) is 14.2 Å². The van der Waals surface area contributed by atoms with Crippen LogP contribution in [-0.2, 0) is 16.0 Å². The number of rotatable bonds is 7. The van der Waals surface area contributed by atoms with E-state index in [0.717, 1.165) is 54.5 Å². The van der Waals surface area contributed by atoms with Crippen LogP contribution in [-0.4, -0.2) is 42.8 Å². The molecule has 1 atom stereocenters. The molecule has 0 heterocycles. The number of hydrogen-bond acceptors (Lipinski definition) is 5. The van der Waals surface area contributed by atoms with Gasteiger partial charge in [-0.3, -0.25) is 9.79 Å². The fourth-order valence-corrected chi connectivity index (χ4v) is 5.01. The molecule has 6 nitrogen and oxygen atoms in total. The molecular weight excluding hydrogens is 406 g/mol. The first kappa shape index (κ1) is 22.1. The van der Waals surface area contributed by atoms with Crippen molar-refractivity contribution >= 4 is 17.5 Å². The lowest BCUT2D eigenvalue weighted by atomic mass is 9.58. The molecule has 2 saturated carbocycles. The van der Waals surface area contributed by atoms with Crippen molar-refractivity contribution < 1.29 is 24.2 Å². The summed E-state index contributed by atoms with van der Waals surface area (Å²) in [5.74, 6) is 0.457. The number of aliphatic imine (C=N–C) groups is 1. The number of ether oxygens (including phenoxy) is 2.